The van der Waals surface area contributed by atoms with E-state index in [4.69, 9.17) is 14.1 Å². The summed E-state index contributed by atoms with van der Waals surface area (Å²) in [5, 5.41) is 0. The van der Waals surface area contributed by atoms with Crippen molar-refractivity contribution in [3.63, 3.8) is 0 Å². The lowest BCUT2D eigenvalue weighted by Crippen LogP contribution is -1.92. The van der Waals surface area contributed by atoms with Crippen LogP contribution in [-0.4, -0.2) is 9.97 Å². The fraction of sp³-hybridized carbons (Fsp3) is 0.0714. The standard InChI is InChI=1S/C28H21FN2O2/c1-19-27(16-20-7-13-25(14-8-20)33-26-6-2-5-24(29)17-26)31-28(32-19)22-11-9-21(10-12-22)23-4-3-15-30-18-23/h2-15,17-18H,16H2,1H3. The summed E-state index contributed by atoms with van der Waals surface area (Å²) in [5.74, 6) is 2.19. The van der Waals surface area contributed by atoms with Crippen molar-refractivity contribution in [1.29, 1.82) is 0 Å². The number of benzene rings is 3. The van der Waals surface area contributed by atoms with Gasteiger partial charge in [0, 0.05) is 30.4 Å². The summed E-state index contributed by atoms with van der Waals surface area (Å²) in [4.78, 5) is 8.90. The highest BCUT2D eigenvalue weighted by atomic mass is 19.1. The Labute approximate surface area is 191 Å². The van der Waals surface area contributed by atoms with Crippen molar-refractivity contribution in [1.82, 2.24) is 9.97 Å². The molecule has 0 fully saturated rings. The van der Waals surface area contributed by atoms with Crippen LogP contribution in [0.5, 0.6) is 11.5 Å². The molecule has 4 nitrogen and oxygen atoms in total. The second-order valence-corrected chi connectivity index (χ2v) is 7.72. The van der Waals surface area contributed by atoms with E-state index in [1.54, 1.807) is 18.3 Å². The van der Waals surface area contributed by atoms with E-state index in [1.807, 2.05) is 73.8 Å². The zero-order valence-corrected chi connectivity index (χ0v) is 18.0. The molecule has 162 valence electrons. The highest BCUT2D eigenvalue weighted by Gasteiger charge is 2.12. The van der Waals surface area contributed by atoms with Gasteiger partial charge in [0.15, 0.2) is 0 Å². The number of ether oxygens (including phenoxy) is 1. The molecular weight excluding hydrogens is 415 g/mol. The highest BCUT2D eigenvalue weighted by molar-refractivity contribution is 5.66. The number of rotatable bonds is 6. The monoisotopic (exact) mass is 436 g/mol. The van der Waals surface area contributed by atoms with Gasteiger partial charge in [-0.3, -0.25) is 4.98 Å². The molecule has 3 aromatic carbocycles. The summed E-state index contributed by atoms with van der Waals surface area (Å²) in [6.07, 6.45) is 4.25. The molecule has 0 unspecified atom stereocenters. The van der Waals surface area contributed by atoms with Crippen molar-refractivity contribution < 1.29 is 13.5 Å². The van der Waals surface area contributed by atoms with Crippen LogP contribution in [-0.2, 0) is 6.42 Å². The first-order valence-corrected chi connectivity index (χ1v) is 10.6. The molecule has 5 rings (SSSR count). The lowest BCUT2D eigenvalue weighted by atomic mass is 10.1. The number of halogens is 1. The van der Waals surface area contributed by atoms with Crippen LogP contribution in [0.4, 0.5) is 4.39 Å². The molecule has 0 bridgehead atoms. The smallest absolute Gasteiger partial charge is 0.226 e. The average Bonchev–Trinajstić information content (AvgIpc) is 3.21. The first-order chi connectivity index (χ1) is 16.1. The maximum Gasteiger partial charge on any atom is 0.226 e. The molecule has 2 aromatic heterocycles. The molecule has 0 saturated heterocycles. The van der Waals surface area contributed by atoms with Crippen LogP contribution < -0.4 is 4.74 Å². The van der Waals surface area contributed by atoms with Gasteiger partial charge in [-0.05, 0) is 66.1 Å². The van der Waals surface area contributed by atoms with Gasteiger partial charge in [-0.2, -0.15) is 0 Å². The van der Waals surface area contributed by atoms with E-state index in [0.717, 1.165) is 33.7 Å². The summed E-state index contributed by atoms with van der Waals surface area (Å²) in [7, 11) is 0. The Bertz CT molecular complexity index is 1360. The molecule has 0 N–H and O–H groups in total. The van der Waals surface area contributed by atoms with Crippen molar-refractivity contribution in [3.8, 4) is 34.1 Å². The van der Waals surface area contributed by atoms with E-state index in [0.29, 0.717) is 23.8 Å². The number of aryl methyl sites for hydroxylation is 1. The molecule has 5 heteroatoms. The fourth-order valence-electron chi connectivity index (χ4n) is 3.59. The summed E-state index contributed by atoms with van der Waals surface area (Å²) in [6, 6.07) is 25.8. The number of hydrogen-bond acceptors (Lipinski definition) is 4. The number of hydrogen-bond donors (Lipinski definition) is 0. The van der Waals surface area contributed by atoms with Gasteiger partial charge in [0.25, 0.3) is 0 Å². The second-order valence-electron chi connectivity index (χ2n) is 7.72. The van der Waals surface area contributed by atoms with E-state index >= 15 is 0 Å². The molecule has 0 aliphatic carbocycles. The van der Waals surface area contributed by atoms with Gasteiger partial charge in [0.1, 0.15) is 23.1 Å². The minimum Gasteiger partial charge on any atom is -0.457 e. The van der Waals surface area contributed by atoms with Crippen LogP contribution >= 0.6 is 0 Å². The van der Waals surface area contributed by atoms with Crippen LogP contribution in [0.15, 0.2) is 102 Å². The Balaban J connectivity index is 1.29. The fourth-order valence-corrected chi connectivity index (χ4v) is 3.59. The minimum absolute atomic E-state index is 0.326. The summed E-state index contributed by atoms with van der Waals surface area (Å²) < 4.78 is 25.0. The lowest BCUT2D eigenvalue weighted by molar-refractivity contribution is 0.476. The molecule has 0 aliphatic heterocycles. The van der Waals surface area contributed by atoms with Crippen LogP contribution in [0.1, 0.15) is 17.0 Å². The predicted octanol–water partition coefficient (Wildman–Crippen LogP) is 7.23. The zero-order chi connectivity index (χ0) is 22.6. The Morgan fingerprint density at radius 1 is 0.818 bits per heavy atom. The van der Waals surface area contributed by atoms with Crippen LogP contribution in [0.3, 0.4) is 0 Å². The molecule has 0 atom stereocenters. The van der Waals surface area contributed by atoms with E-state index in [1.165, 1.54) is 12.1 Å². The highest BCUT2D eigenvalue weighted by Crippen LogP contribution is 2.27. The second kappa shape index (κ2) is 9.09. The Hall–Kier alpha value is -4.25. The first kappa shape index (κ1) is 20.6. The number of oxazole rings is 1. The Kier molecular flexibility index (Phi) is 5.68. The first-order valence-electron chi connectivity index (χ1n) is 10.6. The van der Waals surface area contributed by atoms with Gasteiger partial charge < -0.3 is 9.15 Å². The SMILES string of the molecule is Cc1oc(-c2ccc(-c3cccnc3)cc2)nc1Cc1ccc(Oc2cccc(F)c2)cc1. The third-order valence-electron chi connectivity index (χ3n) is 5.35. The topological polar surface area (TPSA) is 48.2 Å². The molecule has 33 heavy (non-hydrogen) atoms. The Morgan fingerprint density at radius 3 is 2.33 bits per heavy atom. The van der Waals surface area contributed by atoms with E-state index in [2.05, 4.69) is 4.98 Å². The molecule has 0 radical (unpaired) electrons. The van der Waals surface area contributed by atoms with Gasteiger partial charge >= 0.3 is 0 Å². The van der Waals surface area contributed by atoms with Gasteiger partial charge in [-0.1, -0.05) is 36.4 Å². The maximum absolute atomic E-state index is 13.3. The molecular formula is C28H21FN2O2. The molecule has 0 amide bonds. The van der Waals surface area contributed by atoms with Crippen molar-refractivity contribution in [2.45, 2.75) is 13.3 Å². The van der Waals surface area contributed by atoms with Gasteiger partial charge in [-0.15, -0.1) is 0 Å². The lowest BCUT2D eigenvalue weighted by Gasteiger charge is -2.06. The Morgan fingerprint density at radius 2 is 1.61 bits per heavy atom. The quantitative estimate of drug-likeness (QED) is 0.282. The van der Waals surface area contributed by atoms with Gasteiger partial charge in [-0.25, -0.2) is 9.37 Å². The third kappa shape index (κ3) is 4.83. The third-order valence-corrected chi connectivity index (χ3v) is 5.35. The van der Waals surface area contributed by atoms with Crippen molar-refractivity contribution in [2.24, 2.45) is 0 Å². The van der Waals surface area contributed by atoms with Crippen molar-refractivity contribution in [2.75, 3.05) is 0 Å². The van der Waals surface area contributed by atoms with E-state index in [-0.39, 0.29) is 5.82 Å². The van der Waals surface area contributed by atoms with Crippen LogP contribution in [0.25, 0.3) is 22.6 Å². The summed E-state index contributed by atoms with van der Waals surface area (Å²) in [5.41, 5.74) is 5.06. The van der Waals surface area contributed by atoms with Gasteiger partial charge in [0.2, 0.25) is 5.89 Å². The van der Waals surface area contributed by atoms with E-state index < -0.39 is 0 Å². The van der Waals surface area contributed by atoms with E-state index in [9.17, 15) is 4.39 Å². The average molecular weight is 436 g/mol. The molecule has 2 heterocycles. The number of pyridine rings is 1. The molecule has 0 aliphatic rings. The van der Waals surface area contributed by atoms with Crippen molar-refractivity contribution >= 4 is 0 Å². The largest absolute Gasteiger partial charge is 0.457 e. The van der Waals surface area contributed by atoms with Crippen LogP contribution in [0.2, 0.25) is 0 Å². The summed E-state index contributed by atoms with van der Waals surface area (Å²) in [6.45, 7) is 1.93. The molecule has 0 spiro atoms. The van der Waals surface area contributed by atoms with Crippen molar-refractivity contribution in [3.05, 3.63) is 120 Å². The maximum atomic E-state index is 13.3. The molecule has 0 saturated carbocycles. The predicted molar refractivity (Wildman–Crippen MR) is 126 cm³/mol. The number of aromatic nitrogens is 2. The zero-order valence-electron chi connectivity index (χ0n) is 18.0. The van der Waals surface area contributed by atoms with Crippen LogP contribution in [0, 0.1) is 12.7 Å². The number of nitrogens with zero attached hydrogens (tertiary/aromatic N) is 2. The summed E-state index contributed by atoms with van der Waals surface area (Å²) >= 11 is 0. The molecule has 5 aromatic rings. The van der Waals surface area contributed by atoms with Gasteiger partial charge in [0.05, 0.1) is 5.69 Å². The minimum atomic E-state index is -0.326. The normalized spacial score (nSPS) is 10.8.